The third-order valence-electron chi connectivity index (χ3n) is 13.3. The summed E-state index contributed by atoms with van der Waals surface area (Å²) in [6.45, 7) is 16.1. The second-order valence-electron chi connectivity index (χ2n) is 14.6. The number of Topliss-reactive ketones (excluding diaryl/α,β-unsaturated/α-hetero) is 1. The van der Waals surface area contributed by atoms with Crippen molar-refractivity contribution in [3.63, 3.8) is 0 Å². The SMILES string of the molecule is CC1CCC2(C(=O)O)CCC3(C)C(=CCC4C5(C)CC(C#N)C(=O)C(C)(C)C5CCC43C)C2C1C. The van der Waals surface area contributed by atoms with Crippen molar-refractivity contribution in [2.45, 2.75) is 99.8 Å². The molecule has 4 fully saturated rings. The van der Waals surface area contributed by atoms with Crippen LogP contribution in [0.4, 0.5) is 0 Å². The van der Waals surface area contributed by atoms with E-state index in [-0.39, 0.29) is 27.9 Å². The van der Waals surface area contributed by atoms with Gasteiger partial charge in [0.1, 0.15) is 5.92 Å². The Morgan fingerprint density at radius 1 is 1.03 bits per heavy atom. The number of ketones is 1. The number of hydrogen-bond acceptors (Lipinski definition) is 3. The highest BCUT2D eigenvalue weighted by Crippen LogP contribution is 2.75. The fraction of sp³-hybridized carbons (Fsp3) is 0.839. The van der Waals surface area contributed by atoms with Crippen LogP contribution >= 0.6 is 0 Å². The highest BCUT2D eigenvalue weighted by molar-refractivity contribution is 5.89. The van der Waals surface area contributed by atoms with Crippen molar-refractivity contribution in [2.24, 2.45) is 62.6 Å². The molecule has 5 aliphatic rings. The van der Waals surface area contributed by atoms with Gasteiger partial charge in [-0.25, -0.2) is 0 Å². The van der Waals surface area contributed by atoms with Crippen LogP contribution in [0.1, 0.15) is 99.8 Å². The summed E-state index contributed by atoms with van der Waals surface area (Å²) in [7, 11) is 0. The van der Waals surface area contributed by atoms with E-state index in [0.29, 0.717) is 30.1 Å². The standard InChI is InChI=1S/C31H45NO3/c1-18-10-13-31(26(34)35)15-14-29(6)21(24(31)19(18)2)8-9-23-28(5)16-20(17-32)25(33)27(3,4)22(28)11-12-30(23,29)7/h8,18-20,22-24H,9-16H2,1-7H3,(H,34,35). The monoisotopic (exact) mass is 479 g/mol. The smallest absolute Gasteiger partial charge is 0.310 e. The van der Waals surface area contributed by atoms with Crippen LogP contribution < -0.4 is 0 Å². The minimum atomic E-state index is -0.618. The highest BCUT2D eigenvalue weighted by Gasteiger charge is 2.70. The van der Waals surface area contributed by atoms with E-state index in [1.54, 1.807) is 0 Å². The topological polar surface area (TPSA) is 78.2 Å². The molecule has 5 aliphatic carbocycles. The molecule has 4 nitrogen and oxygen atoms in total. The molecule has 4 heteroatoms. The maximum absolute atomic E-state index is 13.2. The minimum Gasteiger partial charge on any atom is -0.481 e. The predicted molar refractivity (Wildman–Crippen MR) is 136 cm³/mol. The molecule has 0 saturated heterocycles. The number of carboxylic acids is 1. The Kier molecular flexibility index (Phi) is 5.33. The Morgan fingerprint density at radius 3 is 2.34 bits per heavy atom. The molecule has 10 unspecified atom stereocenters. The molecular formula is C31H45NO3. The van der Waals surface area contributed by atoms with Crippen LogP contribution in [0.25, 0.3) is 0 Å². The fourth-order valence-electron chi connectivity index (χ4n) is 11.0. The summed E-state index contributed by atoms with van der Waals surface area (Å²) in [6.07, 6.45) is 9.70. The lowest BCUT2D eigenvalue weighted by Crippen LogP contribution is -2.66. The fourth-order valence-corrected chi connectivity index (χ4v) is 11.0. The molecule has 0 amide bonds. The van der Waals surface area contributed by atoms with Gasteiger partial charge in [-0.05, 0) is 97.2 Å². The molecule has 5 rings (SSSR count). The molecule has 0 aromatic heterocycles. The van der Waals surface area contributed by atoms with Gasteiger partial charge in [-0.15, -0.1) is 0 Å². The summed E-state index contributed by atoms with van der Waals surface area (Å²) in [6, 6.07) is 2.38. The molecule has 0 spiro atoms. The lowest BCUT2D eigenvalue weighted by atomic mass is 9.33. The first kappa shape index (κ1) is 25.0. The molecule has 0 radical (unpaired) electrons. The maximum Gasteiger partial charge on any atom is 0.310 e. The Hall–Kier alpha value is -1.63. The number of carbonyl (C=O) groups is 2. The molecule has 192 valence electrons. The number of carboxylic acid groups (broad SMARTS) is 1. The first-order chi connectivity index (χ1) is 16.2. The highest BCUT2D eigenvalue weighted by atomic mass is 16.4. The summed E-state index contributed by atoms with van der Waals surface area (Å²) in [5.41, 5.74) is 0.290. The number of nitriles is 1. The Morgan fingerprint density at radius 2 is 1.71 bits per heavy atom. The Bertz CT molecular complexity index is 1040. The predicted octanol–water partition coefficient (Wildman–Crippen LogP) is 7.05. The molecule has 0 aliphatic heterocycles. The normalized spacial score (nSPS) is 52.6. The van der Waals surface area contributed by atoms with Crippen molar-refractivity contribution in [1.29, 1.82) is 5.26 Å². The molecule has 0 bridgehead atoms. The Balaban J connectivity index is 1.63. The van der Waals surface area contributed by atoms with E-state index in [9.17, 15) is 20.0 Å². The van der Waals surface area contributed by atoms with E-state index in [1.807, 2.05) is 0 Å². The van der Waals surface area contributed by atoms with Crippen molar-refractivity contribution in [1.82, 2.24) is 0 Å². The van der Waals surface area contributed by atoms with Crippen molar-refractivity contribution in [3.8, 4) is 6.07 Å². The first-order valence-electron chi connectivity index (χ1n) is 14.1. The summed E-state index contributed by atoms with van der Waals surface area (Å²) in [5, 5.41) is 20.5. The lowest BCUT2D eigenvalue weighted by Gasteiger charge is -2.71. The number of hydrogen-bond donors (Lipinski definition) is 1. The summed E-state index contributed by atoms with van der Waals surface area (Å²) in [5.74, 6) is 0.746. The number of nitrogens with zero attached hydrogens (tertiary/aromatic N) is 1. The number of carbonyl (C=O) groups excluding carboxylic acids is 1. The van der Waals surface area contributed by atoms with Gasteiger partial charge in [-0.1, -0.05) is 60.1 Å². The van der Waals surface area contributed by atoms with Crippen molar-refractivity contribution < 1.29 is 14.7 Å². The molecule has 0 heterocycles. The van der Waals surface area contributed by atoms with E-state index in [4.69, 9.17) is 0 Å². The number of fused-ring (bicyclic) bond motifs is 7. The van der Waals surface area contributed by atoms with Crippen LogP contribution in [0.5, 0.6) is 0 Å². The van der Waals surface area contributed by atoms with E-state index < -0.39 is 22.7 Å². The molecule has 4 saturated carbocycles. The second-order valence-corrected chi connectivity index (χ2v) is 14.6. The molecule has 35 heavy (non-hydrogen) atoms. The summed E-state index contributed by atoms with van der Waals surface area (Å²) >= 11 is 0. The average Bonchev–Trinajstić information content (AvgIpc) is 2.79. The van der Waals surface area contributed by atoms with Gasteiger partial charge in [0.15, 0.2) is 5.78 Å². The Labute approximate surface area is 211 Å². The van der Waals surface area contributed by atoms with E-state index >= 15 is 0 Å². The summed E-state index contributed by atoms with van der Waals surface area (Å²) in [4.78, 5) is 26.1. The first-order valence-corrected chi connectivity index (χ1v) is 14.1. The van der Waals surface area contributed by atoms with Crippen molar-refractivity contribution >= 4 is 11.8 Å². The van der Waals surface area contributed by atoms with Gasteiger partial charge >= 0.3 is 5.97 Å². The number of rotatable bonds is 1. The van der Waals surface area contributed by atoms with Gasteiger partial charge in [0, 0.05) is 5.41 Å². The second kappa shape index (κ2) is 7.45. The zero-order valence-electron chi connectivity index (χ0n) is 22.9. The zero-order valence-corrected chi connectivity index (χ0v) is 22.9. The van der Waals surface area contributed by atoms with Gasteiger partial charge in [-0.3, -0.25) is 9.59 Å². The molecule has 0 aromatic rings. The van der Waals surface area contributed by atoms with Crippen LogP contribution in [0, 0.1) is 73.9 Å². The minimum absolute atomic E-state index is 0.0351. The van der Waals surface area contributed by atoms with Crippen molar-refractivity contribution in [3.05, 3.63) is 11.6 Å². The third kappa shape index (κ3) is 2.85. The molecular weight excluding hydrogens is 434 g/mol. The van der Waals surface area contributed by atoms with Crippen molar-refractivity contribution in [2.75, 3.05) is 0 Å². The van der Waals surface area contributed by atoms with Gasteiger partial charge < -0.3 is 5.11 Å². The lowest BCUT2D eigenvalue weighted by molar-refractivity contribution is -0.194. The van der Waals surface area contributed by atoms with Crippen LogP contribution in [0.3, 0.4) is 0 Å². The van der Waals surface area contributed by atoms with Crippen LogP contribution in [-0.4, -0.2) is 16.9 Å². The van der Waals surface area contributed by atoms with Crippen LogP contribution in [0.2, 0.25) is 0 Å². The quantitative estimate of drug-likeness (QED) is 0.409. The van der Waals surface area contributed by atoms with Gasteiger partial charge in [-0.2, -0.15) is 5.26 Å². The van der Waals surface area contributed by atoms with Crippen LogP contribution in [0.15, 0.2) is 11.6 Å². The van der Waals surface area contributed by atoms with Crippen LogP contribution in [-0.2, 0) is 9.59 Å². The number of allylic oxidation sites excluding steroid dienone is 2. The molecule has 1 N–H and O–H groups in total. The van der Waals surface area contributed by atoms with E-state index in [0.717, 1.165) is 44.9 Å². The molecule has 10 atom stereocenters. The third-order valence-corrected chi connectivity index (χ3v) is 13.3. The summed E-state index contributed by atoms with van der Waals surface area (Å²) < 4.78 is 0. The zero-order chi connectivity index (χ0) is 25.8. The van der Waals surface area contributed by atoms with Gasteiger partial charge in [0.25, 0.3) is 0 Å². The van der Waals surface area contributed by atoms with Gasteiger partial charge in [0.2, 0.25) is 0 Å². The largest absolute Gasteiger partial charge is 0.481 e. The average molecular weight is 480 g/mol. The van der Waals surface area contributed by atoms with Gasteiger partial charge in [0.05, 0.1) is 11.5 Å². The molecule has 0 aromatic carbocycles. The van der Waals surface area contributed by atoms with E-state index in [2.05, 4.69) is 60.6 Å². The number of aliphatic carboxylic acids is 1. The maximum atomic E-state index is 13.2. The van der Waals surface area contributed by atoms with E-state index in [1.165, 1.54) is 5.57 Å².